The summed E-state index contributed by atoms with van der Waals surface area (Å²) >= 11 is 5.31. The Balaban J connectivity index is 1.39. The number of carbonyl (C=O) groups excluding carboxylic acids is 1. The number of carbonyl (C=O) groups is 1. The molecule has 1 fully saturated rings. The highest BCUT2D eigenvalue weighted by molar-refractivity contribution is 7.71. The van der Waals surface area contributed by atoms with E-state index in [1.165, 1.54) is 15.1 Å². The van der Waals surface area contributed by atoms with Gasteiger partial charge in [-0.05, 0) is 44.1 Å². The maximum atomic E-state index is 12.9. The van der Waals surface area contributed by atoms with Crippen molar-refractivity contribution in [3.05, 3.63) is 40.5 Å². The highest BCUT2D eigenvalue weighted by Crippen LogP contribution is 2.29. The highest BCUT2D eigenvalue weighted by Gasteiger charge is 2.31. The number of pyridine rings is 1. The molecule has 1 saturated heterocycles. The average Bonchev–Trinajstić information content (AvgIpc) is 3.24. The van der Waals surface area contributed by atoms with Gasteiger partial charge in [-0.15, -0.1) is 0 Å². The number of aromatic nitrogens is 4. The van der Waals surface area contributed by atoms with Crippen LogP contribution in [0.2, 0.25) is 0 Å². The van der Waals surface area contributed by atoms with Crippen molar-refractivity contribution in [2.24, 2.45) is 5.92 Å². The Morgan fingerprint density at radius 3 is 2.70 bits per heavy atom. The van der Waals surface area contributed by atoms with Gasteiger partial charge in [0.1, 0.15) is 5.76 Å². The molecule has 0 bridgehead atoms. The number of rotatable bonds is 4. The van der Waals surface area contributed by atoms with Crippen molar-refractivity contribution in [1.29, 1.82) is 0 Å². The average molecular weight is 440 g/mol. The van der Waals surface area contributed by atoms with Gasteiger partial charge in [-0.1, -0.05) is 5.16 Å². The van der Waals surface area contributed by atoms with Crippen molar-refractivity contribution in [3.63, 3.8) is 0 Å². The molecule has 0 aliphatic carbocycles. The first-order valence-corrected chi connectivity index (χ1v) is 9.74. The van der Waals surface area contributed by atoms with Gasteiger partial charge < -0.3 is 9.84 Å². The second-order valence-electron chi connectivity index (χ2n) is 7.27. The van der Waals surface area contributed by atoms with Crippen LogP contribution in [0.3, 0.4) is 0 Å². The second kappa shape index (κ2) is 7.84. The maximum Gasteiger partial charge on any atom is 0.417 e. The minimum absolute atomic E-state index is 0.105. The van der Waals surface area contributed by atoms with E-state index >= 15 is 0 Å². The molecule has 0 spiro atoms. The molecule has 0 unspecified atom stereocenters. The summed E-state index contributed by atoms with van der Waals surface area (Å²) in [6.45, 7) is 3.37. The van der Waals surface area contributed by atoms with E-state index in [-0.39, 0.29) is 16.6 Å². The minimum Gasteiger partial charge on any atom is -0.360 e. The molecule has 4 rings (SSSR count). The number of nitrogens with one attached hydrogen (secondary N) is 1. The van der Waals surface area contributed by atoms with Gasteiger partial charge in [0, 0.05) is 31.3 Å². The van der Waals surface area contributed by atoms with Gasteiger partial charge in [0.25, 0.3) is 0 Å². The van der Waals surface area contributed by atoms with Gasteiger partial charge in [0.15, 0.2) is 11.5 Å². The van der Waals surface area contributed by atoms with Gasteiger partial charge in [-0.25, -0.2) is 4.68 Å². The molecule has 3 aromatic heterocycles. The Kier molecular flexibility index (Phi) is 5.36. The Morgan fingerprint density at radius 1 is 1.33 bits per heavy atom. The van der Waals surface area contributed by atoms with Crippen LogP contribution in [0.5, 0.6) is 0 Å². The predicted octanol–water partition coefficient (Wildman–Crippen LogP) is 3.49. The van der Waals surface area contributed by atoms with E-state index in [1.807, 2.05) is 0 Å². The predicted molar refractivity (Wildman–Crippen MR) is 103 cm³/mol. The Hall–Kier alpha value is -2.73. The van der Waals surface area contributed by atoms with E-state index < -0.39 is 11.7 Å². The first-order valence-electron chi connectivity index (χ1n) is 9.33. The zero-order valence-electron chi connectivity index (χ0n) is 16.0. The number of amides is 1. The summed E-state index contributed by atoms with van der Waals surface area (Å²) in [5, 5.41) is 10.8. The van der Waals surface area contributed by atoms with Crippen molar-refractivity contribution in [2.45, 2.75) is 32.6 Å². The van der Waals surface area contributed by atoms with Crippen molar-refractivity contribution in [3.8, 4) is 0 Å². The first kappa shape index (κ1) is 20.5. The minimum atomic E-state index is -4.45. The summed E-state index contributed by atoms with van der Waals surface area (Å²) in [5.41, 5.74) is -0.426. The van der Waals surface area contributed by atoms with E-state index in [9.17, 15) is 18.0 Å². The smallest absolute Gasteiger partial charge is 0.360 e. The van der Waals surface area contributed by atoms with Crippen LogP contribution in [0.25, 0.3) is 5.65 Å². The number of alkyl halides is 3. The molecule has 160 valence electrons. The quantitative estimate of drug-likeness (QED) is 0.626. The van der Waals surface area contributed by atoms with Gasteiger partial charge in [-0.3, -0.25) is 14.1 Å². The van der Waals surface area contributed by atoms with Gasteiger partial charge in [-0.2, -0.15) is 18.3 Å². The monoisotopic (exact) mass is 440 g/mol. The Morgan fingerprint density at radius 2 is 2.07 bits per heavy atom. The van der Waals surface area contributed by atoms with Crippen molar-refractivity contribution in [2.75, 3.05) is 18.4 Å². The number of anilines is 1. The second-order valence-corrected chi connectivity index (χ2v) is 7.64. The van der Waals surface area contributed by atoms with Crippen LogP contribution < -0.4 is 5.32 Å². The van der Waals surface area contributed by atoms with E-state index in [0.717, 1.165) is 12.3 Å². The van der Waals surface area contributed by atoms with E-state index in [4.69, 9.17) is 16.7 Å². The van der Waals surface area contributed by atoms with Gasteiger partial charge in [0.2, 0.25) is 10.7 Å². The van der Waals surface area contributed by atoms with Gasteiger partial charge >= 0.3 is 6.18 Å². The molecule has 30 heavy (non-hydrogen) atoms. The summed E-state index contributed by atoms with van der Waals surface area (Å²) in [4.78, 5) is 14.5. The molecule has 3 aromatic rings. The fourth-order valence-corrected chi connectivity index (χ4v) is 3.70. The molecule has 0 saturated carbocycles. The lowest BCUT2D eigenvalue weighted by atomic mass is 9.96. The molecule has 0 aromatic carbocycles. The third-order valence-corrected chi connectivity index (χ3v) is 5.48. The lowest BCUT2D eigenvalue weighted by molar-refractivity contribution is -0.137. The van der Waals surface area contributed by atoms with E-state index in [1.54, 1.807) is 13.0 Å². The van der Waals surface area contributed by atoms with Gasteiger partial charge in [0.05, 0.1) is 12.2 Å². The van der Waals surface area contributed by atoms with Crippen LogP contribution in [0, 0.1) is 17.6 Å². The number of piperidine rings is 1. The summed E-state index contributed by atoms with van der Waals surface area (Å²) in [6.07, 6.45) is -2.20. The number of nitrogens with zero attached hydrogens (tertiary/aromatic N) is 5. The highest BCUT2D eigenvalue weighted by atomic mass is 32.1. The van der Waals surface area contributed by atoms with Crippen LogP contribution in [0.4, 0.5) is 19.0 Å². The molecule has 1 aliphatic heterocycles. The zero-order valence-corrected chi connectivity index (χ0v) is 16.8. The summed E-state index contributed by atoms with van der Waals surface area (Å²) in [5.74, 6) is 0.759. The molecule has 0 radical (unpaired) electrons. The number of likely N-dealkylation sites (tertiary alicyclic amines) is 1. The first-order chi connectivity index (χ1) is 14.2. The number of aryl methyl sites for hydroxylation is 1. The third kappa shape index (κ3) is 4.24. The zero-order chi connectivity index (χ0) is 21.5. The van der Waals surface area contributed by atoms with Crippen LogP contribution in [0.1, 0.15) is 24.2 Å². The molecular weight excluding hydrogens is 421 g/mol. The SMILES string of the molecule is Cc1cc(NC(=O)C2CCN(Cn3nc4ccc(C(F)(F)F)cn4c3=S)CC2)no1. The lowest BCUT2D eigenvalue weighted by Gasteiger charge is -2.30. The molecule has 4 heterocycles. The fourth-order valence-electron chi connectivity index (χ4n) is 3.46. The summed E-state index contributed by atoms with van der Waals surface area (Å²) in [7, 11) is 0. The number of fused-ring (bicyclic) bond motifs is 1. The van der Waals surface area contributed by atoms with Crippen molar-refractivity contribution >= 4 is 29.6 Å². The standard InChI is InChI=1S/C18H19F3N6O2S/c1-11-8-14(24-29-11)22-16(28)12-4-6-25(7-5-12)10-27-17(30)26-9-13(18(19,20)21)2-3-15(26)23-27/h2-3,8-9,12H,4-7,10H2,1H3,(H,22,24,28). The number of hydrogen-bond acceptors (Lipinski definition) is 6. The summed E-state index contributed by atoms with van der Waals surface area (Å²) in [6, 6.07) is 3.95. The van der Waals surface area contributed by atoms with Crippen LogP contribution in [0.15, 0.2) is 28.9 Å². The maximum absolute atomic E-state index is 12.9. The van der Waals surface area contributed by atoms with Crippen LogP contribution in [-0.4, -0.2) is 43.2 Å². The van der Waals surface area contributed by atoms with Crippen LogP contribution in [-0.2, 0) is 17.6 Å². The molecular formula is C18H19F3N6O2S. The molecule has 1 N–H and O–H groups in total. The normalized spacial score (nSPS) is 16.3. The molecule has 8 nitrogen and oxygen atoms in total. The van der Waals surface area contributed by atoms with E-state index in [0.29, 0.717) is 49.8 Å². The largest absolute Gasteiger partial charge is 0.417 e. The van der Waals surface area contributed by atoms with Crippen molar-refractivity contribution in [1.82, 2.24) is 24.2 Å². The molecule has 12 heteroatoms. The third-order valence-electron chi connectivity index (χ3n) is 5.08. The topological polar surface area (TPSA) is 80.6 Å². The Labute approximate surface area is 174 Å². The lowest BCUT2D eigenvalue weighted by Crippen LogP contribution is -2.39. The molecule has 1 amide bonds. The van der Waals surface area contributed by atoms with E-state index in [2.05, 4.69) is 20.5 Å². The van der Waals surface area contributed by atoms with Crippen LogP contribution >= 0.6 is 12.2 Å². The molecule has 0 atom stereocenters. The number of halogens is 3. The fraction of sp³-hybridized carbons (Fsp3) is 0.444. The Bertz CT molecular complexity index is 1130. The van der Waals surface area contributed by atoms with Crippen molar-refractivity contribution < 1.29 is 22.5 Å². The molecule has 1 aliphatic rings. The number of hydrogen-bond donors (Lipinski definition) is 1. The summed E-state index contributed by atoms with van der Waals surface area (Å²) < 4.78 is 46.7.